The summed E-state index contributed by atoms with van der Waals surface area (Å²) < 4.78 is 0. The maximum atomic E-state index is 11.0. The monoisotopic (exact) mass is 236 g/mol. The first-order chi connectivity index (χ1) is 7.88. The molecule has 17 heavy (non-hydrogen) atoms. The minimum atomic E-state index is -0.913. The molecule has 0 aliphatic heterocycles. The predicted octanol–water partition coefficient (Wildman–Crippen LogP) is 3.03. The van der Waals surface area contributed by atoms with Crippen molar-refractivity contribution >= 4 is 17.3 Å². The third kappa shape index (κ3) is 4.34. The van der Waals surface area contributed by atoms with Crippen LogP contribution in [0.4, 0.5) is 11.4 Å². The second kappa shape index (κ2) is 5.57. The minimum absolute atomic E-state index is 0.269. The molecule has 0 unspecified atom stereocenters. The molecule has 0 spiro atoms. The summed E-state index contributed by atoms with van der Waals surface area (Å²) in [7, 11) is 0. The van der Waals surface area contributed by atoms with Crippen LogP contribution in [0, 0.1) is 0 Å². The molecule has 94 valence electrons. The minimum Gasteiger partial charge on any atom is -0.478 e. The molecule has 0 aliphatic rings. The average Bonchev–Trinajstić information content (AvgIpc) is 2.14. The van der Waals surface area contributed by atoms with Crippen molar-refractivity contribution in [1.29, 1.82) is 0 Å². The highest BCUT2D eigenvalue weighted by atomic mass is 16.4. The number of nitrogens with one attached hydrogen (secondary N) is 2. The van der Waals surface area contributed by atoms with Crippen molar-refractivity contribution in [3.63, 3.8) is 0 Å². The van der Waals surface area contributed by atoms with Crippen LogP contribution in [0.15, 0.2) is 18.2 Å². The number of aromatic carboxylic acids is 1. The topological polar surface area (TPSA) is 61.4 Å². The van der Waals surface area contributed by atoms with Gasteiger partial charge in [-0.15, -0.1) is 0 Å². The zero-order valence-electron chi connectivity index (χ0n) is 10.7. The van der Waals surface area contributed by atoms with Gasteiger partial charge >= 0.3 is 5.97 Å². The predicted molar refractivity (Wildman–Crippen MR) is 70.9 cm³/mol. The lowest BCUT2D eigenvalue weighted by Crippen LogP contribution is -2.13. The first kappa shape index (κ1) is 13.4. The Balaban J connectivity index is 3.04. The zero-order chi connectivity index (χ0) is 13.0. The van der Waals surface area contributed by atoms with Crippen molar-refractivity contribution < 1.29 is 9.90 Å². The van der Waals surface area contributed by atoms with E-state index in [1.165, 1.54) is 0 Å². The lowest BCUT2D eigenvalue weighted by Gasteiger charge is -2.15. The van der Waals surface area contributed by atoms with E-state index in [2.05, 4.69) is 10.6 Å². The summed E-state index contributed by atoms with van der Waals surface area (Å²) in [5, 5.41) is 15.5. The van der Waals surface area contributed by atoms with E-state index in [0.717, 1.165) is 11.4 Å². The van der Waals surface area contributed by atoms with Gasteiger partial charge in [-0.3, -0.25) is 0 Å². The Morgan fingerprint density at radius 1 is 1.00 bits per heavy atom. The van der Waals surface area contributed by atoms with Crippen molar-refractivity contribution in [2.45, 2.75) is 39.8 Å². The van der Waals surface area contributed by atoms with Crippen LogP contribution in [0.3, 0.4) is 0 Å². The van der Waals surface area contributed by atoms with Gasteiger partial charge in [0.05, 0.1) is 5.56 Å². The van der Waals surface area contributed by atoms with Crippen LogP contribution >= 0.6 is 0 Å². The third-order valence-corrected chi connectivity index (χ3v) is 2.09. The summed E-state index contributed by atoms with van der Waals surface area (Å²) >= 11 is 0. The SMILES string of the molecule is CC(C)Nc1cc(NC(C)C)cc(C(=O)O)c1. The van der Waals surface area contributed by atoms with Crippen molar-refractivity contribution in [3.05, 3.63) is 23.8 Å². The molecule has 0 amide bonds. The van der Waals surface area contributed by atoms with Crippen LogP contribution in [0.1, 0.15) is 38.1 Å². The molecule has 0 heterocycles. The molecule has 4 heteroatoms. The van der Waals surface area contributed by atoms with E-state index < -0.39 is 5.97 Å². The molecule has 0 aliphatic carbocycles. The van der Waals surface area contributed by atoms with E-state index in [-0.39, 0.29) is 12.1 Å². The number of hydrogen-bond acceptors (Lipinski definition) is 3. The number of hydrogen-bond donors (Lipinski definition) is 3. The Kier molecular flexibility index (Phi) is 4.37. The van der Waals surface area contributed by atoms with E-state index in [0.29, 0.717) is 5.56 Å². The Bertz CT molecular complexity index is 372. The second-order valence-electron chi connectivity index (χ2n) is 4.70. The Labute approximate surface area is 102 Å². The first-order valence-electron chi connectivity index (χ1n) is 5.80. The van der Waals surface area contributed by atoms with E-state index in [9.17, 15) is 4.79 Å². The number of carbonyl (C=O) groups is 1. The molecule has 0 atom stereocenters. The third-order valence-electron chi connectivity index (χ3n) is 2.09. The fourth-order valence-electron chi connectivity index (χ4n) is 1.58. The lowest BCUT2D eigenvalue weighted by molar-refractivity contribution is 0.0697. The largest absolute Gasteiger partial charge is 0.478 e. The summed E-state index contributed by atoms with van der Waals surface area (Å²) in [6, 6.07) is 5.76. The number of benzene rings is 1. The summed E-state index contributed by atoms with van der Waals surface area (Å²) in [6.07, 6.45) is 0. The van der Waals surface area contributed by atoms with Gasteiger partial charge in [0.2, 0.25) is 0 Å². The van der Waals surface area contributed by atoms with Gasteiger partial charge in [-0.2, -0.15) is 0 Å². The average molecular weight is 236 g/mol. The van der Waals surface area contributed by atoms with Crippen molar-refractivity contribution in [1.82, 2.24) is 0 Å². The normalized spacial score (nSPS) is 10.7. The highest BCUT2D eigenvalue weighted by Crippen LogP contribution is 2.20. The van der Waals surface area contributed by atoms with Gasteiger partial charge in [-0.1, -0.05) is 0 Å². The van der Waals surface area contributed by atoms with Gasteiger partial charge in [-0.25, -0.2) is 4.79 Å². The van der Waals surface area contributed by atoms with E-state index in [4.69, 9.17) is 5.11 Å². The summed E-state index contributed by atoms with van der Waals surface area (Å²) in [5.41, 5.74) is 1.94. The molecule has 4 nitrogen and oxygen atoms in total. The molecule has 0 saturated heterocycles. The summed E-state index contributed by atoms with van der Waals surface area (Å²) in [6.45, 7) is 8.07. The molecular formula is C13H20N2O2. The van der Waals surface area contributed by atoms with Crippen LogP contribution in [0.25, 0.3) is 0 Å². The van der Waals surface area contributed by atoms with Crippen LogP contribution in [-0.2, 0) is 0 Å². The number of anilines is 2. The van der Waals surface area contributed by atoms with Gasteiger partial charge in [0, 0.05) is 23.5 Å². The van der Waals surface area contributed by atoms with Crippen LogP contribution in [0.5, 0.6) is 0 Å². The molecule has 3 N–H and O–H groups in total. The maximum absolute atomic E-state index is 11.0. The molecule has 0 radical (unpaired) electrons. The molecule has 0 saturated carbocycles. The lowest BCUT2D eigenvalue weighted by atomic mass is 10.1. The molecule has 0 aromatic heterocycles. The van der Waals surface area contributed by atoms with E-state index in [1.54, 1.807) is 12.1 Å². The zero-order valence-corrected chi connectivity index (χ0v) is 10.7. The van der Waals surface area contributed by atoms with E-state index >= 15 is 0 Å². The van der Waals surface area contributed by atoms with Gasteiger partial charge in [-0.05, 0) is 45.9 Å². The molecular weight excluding hydrogens is 216 g/mol. The number of carboxylic acids is 1. The quantitative estimate of drug-likeness (QED) is 0.735. The molecule has 0 bridgehead atoms. The van der Waals surface area contributed by atoms with Crippen LogP contribution in [-0.4, -0.2) is 23.2 Å². The van der Waals surface area contributed by atoms with Crippen molar-refractivity contribution in [2.24, 2.45) is 0 Å². The number of rotatable bonds is 5. The standard InChI is InChI=1S/C13H20N2O2/c1-8(2)14-11-5-10(13(16)17)6-12(7-11)15-9(3)4/h5-9,14-15H,1-4H3,(H,16,17). The van der Waals surface area contributed by atoms with Crippen molar-refractivity contribution in [3.8, 4) is 0 Å². The fraction of sp³-hybridized carbons (Fsp3) is 0.462. The van der Waals surface area contributed by atoms with Gasteiger partial charge in [0.25, 0.3) is 0 Å². The van der Waals surface area contributed by atoms with Crippen LogP contribution < -0.4 is 10.6 Å². The smallest absolute Gasteiger partial charge is 0.335 e. The van der Waals surface area contributed by atoms with Gasteiger partial charge in [0.15, 0.2) is 0 Å². The Morgan fingerprint density at radius 3 is 1.71 bits per heavy atom. The van der Waals surface area contributed by atoms with Gasteiger partial charge in [0.1, 0.15) is 0 Å². The second-order valence-corrected chi connectivity index (χ2v) is 4.70. The Hall–Kier alpha value is -1.71. The maximum Gasteiger partial charge on any atom is 0.335 e. The number of carboxylic acid groups (broad SMARTS) is 1. The summed E-state index contributed by atoms with van der Waals surface area (Å²) in [4.78, 5) is 11.0. The first-order valence-corrected chi connectivity index (χ1v) is 5.80. The fourth-order valence-corrected chi connectivity index (χ4v) is 1.58. The molecule has 0 fully saturated rings. The molecule has 1 rings (SSSR count). The summed E-state index contributed by atoms with van der Waals surface area (Å²) in [5.74, 6) is -0.913. The Morgan fingerprint density at radius 2 is 1.41 bits per heavy atom. The highest BCUT2D eigenvalue weighted by molar-refractivity contribution is 5.90. The van der Waals surface area contributed by atoms with Crippen molar-refractivity contribution in [2.75, 3.05) is 10.6 Å². The van der Waals surface area contributed by atoms with E-state index in [1.807, 2.05) is 33.8 Å². The highest BCUT2D eigenvalue weighted by Gasteiger charge is 2.08. The van der Waals surface area contributed by atoms with Gasteiger partial charge < -0.3 is 15.7 Å². The van der Waals surface area contributed by atoms with Crippen LogP contribution in [0.2, 0.25) is 0 Å². The molecule has 1 aromatic carbocycles. The molecule has 1 aromatic rings.